The monoisotopic (exact) mass is 341 g/mol. The smallest absolute Gasteiger partial charge is 0.411 e. The lowest BCUT2D eigenvalue weighted by atomic mass is 9.91. The number of rotatable bonds is 2. The molecule has 2 heterocycles. The summed E-state index contributed by atoms with van der Waals surface area (Å²) in [7, 11) is 0. The topological polar surface area (TPSA) is 56.6 Å². The summed E-state index contributed by atoms with van der Waals surface area (Å²) in [6.07, 6.45) is 0.241. The van der Waals surface area contributed by atoms with Gasteiger partial charge in [-0.25, -0.2) is 4.79 Å². The van der Waals surface area contributed by atoms with Gasteiger partial charge >= 0.3 is 6.09 Å². The molecule has 1 aromatic rings. The first-order chi connectivity index (χ1) is 11.6. The van der Waals surface area contributed by atoms with Gasteiger partial charge in [0.25, 0.3) is 0 Å². The molecular formula is C20H27N3O2. The zero-order chi connectivity index (χ0) is 18.4. The number of hydrogen-bond acceptors (Lipinski definition) is 4. The molecule has 25 heavy (non-hydrogen) atoms. The highest BCUT2D eigenvalue weighted by molar-refractivity contribution is 5.69. The molecule has 0 spiro atoms. The highest BCUT2D eigenvalue weighted by Gasteiger charge is 2.58. The van der Waals surface area contributed by atoms with Crippen LogP contribution in [0.5, 0.6) is 0 Å². The zero-order valence-corrected chi connectivity index (χ0v) is 15.7. The minimum atomic E-state index is -0.541. The van der Waals surface area contributed by atoms with Crippen LogP contribution in [-0.4, -0.2) is 40.2 Å². The fourth-order valence-corrected chi connectivity index (χ4v) is 4.21. The number of fused-ring (bicyclic) bond motifs is 2. The Morgan fingerprint density at radius 2 is 1.84 bits per heavy atom. The molecule has 1 amide bonds. The third-order valence-electron chi connectivity index (χ3n) is 5.21. The SMILES string of the molecule is CC(C)(C)OC(=O)N1CC2CC(C#N)C1N2C(C)(C)c1ccccc1. The number of hydrogen-bond donors (Lipinski definition) is 0. The van der Waals surface area contributed by atoms with Crippen molar-refractivity contribution in [1.29, 1.82) is 5.26 Å². The van der Waals surface area contributed by atoms with Crippen molar-refractivity contribution in [3.05, 3.63) is 35.9 Å². The molecule has 3 unspecified atom stereocenters. The molecule has 2 aliphatic rings. The number of amides is 1. The van der Waals surface area contributed by atoms with E-state index in [9.17, 15) is 10.1 Å². The molecule has 0 aromatic heterocycles. The number of nitrogens with zero attached hydrogens (tertiary/aromatic N) is 3. The van der Waals surface area contributed by atoms with Crippen LogP contribution in [0.15, 0.2) is 30.3 Å². The minimum Gasteiger partial charge on any atom is -0.444 e. The standard InChI is InChI=1S/C20H27N3O2/c1-19(2,3)25-18(24)22-13-16-11-14(12-21)17(22)23(16)20(4,5)15-9-7-6-8-10-15/h6-10,14,16-17H,11,13H2,1-5H3. The van der Waals surface area contributed by atoms with Crippen molar-refractivity contribution < 1.29 is 9.53 Å². The maximum absolute atomic E-state index is 12.7. The fraction of sp³-hybridized carbons (Fsp3) is 0.600. The van der Waals surface area contributed by atoms with Crippen LogP contribution >= 0.6 is 0 Å². The van der Waals surface area contributed by atoms with Gasteiger partial charge in [0, 0.05) is 18.1 Å². The van der Waals surface area contributed by atoms with Crippen LogP contribution in [0, 0.1) is 17.2 Å². The Bertz CT molecular complexity index is 687. The van der Waals surface area contributed by atoms with E-state index in [2.05, 4.69) is 36.9 Å². The van der Waals surface area contributed by atoms with Gasteiger partial charge in [0.15, 0.2) is 0 Å². The Labute approximate surface area is 150 Å². The normalized spacial score (nSPS) is 26.6. The summed E-state index contributed by atoms with van der Waals surface area (Å²) >= 11 is 0. The second kappa shape index (κ2) is 6.03. The summed E-state index contributed by atoms with van der Waals surface area (Å²) in [4.78, 5) is 16.8. The molecule has 2 bridgehead atoms. The molecule has 2 saturated heterocycles. The third kappa shape index (κ3) is 3.11. The van der Waals surface area contributed by atoms with Crippen LogP contribution in [-0.2, 0) is 10.3 Å². The second-order valence-corrected chi connectivity index (χ2v) is 8.50. The summed E-state index contributed by atoms with van der Waals surface area (Å²) in [5.74, 6) is -0.186. The Morgan fingerprint density at radius 1 is 1.20 bits per heavy atom. The number of carbonyl (C=O) groups excluding carboxylic acids is 1. The molecule has 2 aliphatic heterocycles. The van der Waals surface area contributed by atoms with Gasteiger partial charge in [0.2, 0.25) is 0 Å². The summed E-state index contributed by atoms with van der Waals surface area (Å²) in [5, 5.41) is 9.62. The molecule has 5 nitrogen and oxygen atoms in total. The largest absolute Gasteiger partial charge is 0.444 e. The maximum Gasteiger partial charge on any atom is 0.411 e. The lowest BCUT2D eigenvalue weighted by Gasteiger charge is -2.40. The van der Waals surface area contributed by atoms with Crippen molar-refractivity contribution in [3.8, 4) is 6.07 Å². The highest BCUT2D eigenvalue weighted by Crippen LogP contribution is 2.46. The van der Waals surface area contributed by atoms with Crippen LogP contribution in [0.4, 0.5) is 4.79 Å². The Balaban J connectivity index is 1.92. The third-order valence-corrected chi connectivity index (χ3v) is 5.21. The lowest BCUT2D eigenvalue weighted by Crippen LogP contribution is -2.51. The summed E-state index contributed by atoms with van der Waals surface area (Å²) in [5.41, 5.74) is 0.384. The summed E-state index contributed by atoms with van der Waals surface area (Å²) in [6.45, 7) is 10.6. The average Bonchev–Trinajstić information content (AvgIpc) is 3.10. The van der Waals surface area contributed by atoms with Crippen molar-refractivity contribution in [3.63, 3.8) is 0 Å². The van der Waals surface area contributed by atoms with Crippen LogP contribution in [0.2, 0.25) is 0 Å². The number of nitriles is 1. The molecule has 3 rings (SSSR count). The molecule has 0 aliphatic carbocycles. The van der Waals surface area contributed by atoms with Crippen molar-refractivity contribution >= 4 is 6.09 Å². The molecule has 1 aromatic carbocycles. The van der Waals surface area contributed by atoms with E-state index >= 15 is 0 Å². The van der Waals surface area contributed by atoms with Gasteiger partial charge in [0.1, 0.15) is 11.8 Å². The van der Waals surface area contributed by atoms with Crippen LogP contribution in [0.3, 0.4) is 0 Å². The van der Waals surface area contributed by atoms with Gasteiger partial charge < -0.3 is 4.74 Å². The van der Waals surface area contributed by atoms with Gasteiger partial charge in [-0.2, -0.15) is 5.26 Å². The van der Waals surface area contributed by atoms with Gasteiger partial charge in [-0.05, 0) is 46.6 Å². The molecule has 0 radical (unpaired) electrons. The molecule has 3 atom stereocenters. The van der Waals surface area contributed by atoms with E-state index in [-0.39, 0.29) is 29.8 Å². The predicted molar refractivity (Wildman–Crippen MR) is 95.5 cm³/mol. The zero-order valence-electron chi connectivity index (χ0n) is 15.7. The van der Waals surface area contributed by atoms with Crippen molar-refractivity contribution in [2.75, 3.05) is 6.54 Å². The predicted octanol–water partition coefficient (Wildman–Crippen LogP) is 3.71. The first-order valence-corrected chi connectivity index (χ1v) is 8.88. The molecule has 0 saturated carbocycles. The fourth-order valence-electron chi connectivity index (χ4n) is 4.21. The van der Waals surface area contributed by atoms with Crippen molar-refractivity contribution in [2.24, 2.45) is 5.92 Å². The molecular weight excluding hydrogens is 314 g/mol. The van der Waals surface area contributed by atoms with Crippen LogP contribution < -0.4 is 0 Å². The van der Waals surface area contributed by atoms with E-state index in [1.165, 1.54) is 5.56 Å². The highest BCUT2D eigenvalue weighted by atomic mass is 16.6. The number of benzene rings is 1. The number of piperidine rings is 1. The van der Waals surface area contributed by atoms with E-state index in [0.29, 0.717) is 6.54 Å². The number of ether oxygens (including phenoxy) is 1. The minimum absolute atomic E-state index is 0.178. The van der Waals surface area contributed by atoms with Gasteiger partial charge in [-0.15, -0.1) is 0 Å². The average molecular weight is 341 g/mol. The van der Waals surface area contributed by atoms with E-state index in [1.807, 2.05) is 39.0 Å². The molecule has 0 N–H and O–H groups in total. The Kier molecular flexibility index (Phi) is 4.28. The van der Waals surface area contributed by atoms with E-state index in [4.69, 9.17) is 4.74 Å². The van der Waals surface area contributed by atoms with Gasteiger partial charge in [0.05, 0.1) is 12.0 Å². The van der Waals surface area contributed by atoms with Crippen LogP contribution in [0.1, 0.15) is 46.6 Å². The van der Waals surface area contributed by atoms with Gasteiger partial charge in [-0.3, -0.25) is 9.80 Å². The lowest BCUT2D eigenvalue weighted by molar-refractivity contribution is -0.00134. The van der Waals surface area contributed by atoms with Gasteiger partial charge in [-0.1, -0.05) is 30.3 Å². The molecule has 2 fully saturated rings. The quantitative estimate of drug-likeness (QED) is 0.823. The second-order valence-electron chi connectivity index (χ2n) is 8.50. The van der Waals surface area contributed by atoms with Crippen LogP contribution in [0.25, 0.3) is 0 Å². The number of likely N-dealkylation sites (tertiary alicyclic amines) is 1. The first kappa shape index (κ1) is 17.8. The van der Waals surface area contributed by atoms with E-state index in [0.717, 1.165) is 6.42 Å². The number of carbonyl (C=O) groups is 1. The van der Waals surface area contributed by atoms with Crippen molar-refractivity contribution in [2.45, 2.75) is 64.4 Å². The van der Waals surface area contributed by atoms with E-state index in [1.54, 1.807) is 4.90 Å². The molecule has 5 heteroatoms. The van der Waals surface area contributed by atoms with Crippen molar-refractivity contribution in [1.82, 2.24) is 9.80 Å². The maximum atomic E-state index is 12.7. The van der Waals surface area contributed by atoms with E-state index < -0.39 is 5.60 Å². The first-order valence-electron chi connectivity index (χ1n) is 8.88. The molecule has 134 valence electrons. The Hall–Kier alpha value is -2.06. The summed E-state index contributed by atoms with van der Waals surface area (Å²) in [6, 6.07) is 12.9. The summed E-state index contributed by atoms with van der Waals surface area (Å²) < 4.78 is 5.58. The Morgan fingerprint density at radius 3 is 2.40 bits per heavy atom.